The summed E-state index contributed by atoms with van der Waals surface area (Å²) in [5, 5.41) is 0. The lowest BCUT2D eigenvalue weighted by Gasteiger charge is -2.25. The van der Waals surface area contributed by atoms with E-state index in [4.69, 9.17) is 4.74 Å². The van der Waals surface area contributed by atoms with Crippen LogP contribution in [0.1, 0.15) is 11.1 Å². The van der Waals surface area contributed by atoms with Gasteiger partial charge in [-0.2, -0.15) is 0 Å². The summed E-state index contributed by atoms with van der Waals surface area (Å²) in [6, 6.07) is 18.1. The first kappa shape index (κ1) is 20.4. The van der Waals surface area contributed by atoms with E-state index in [0.717, 1.165) is 16.1 Å². The van der Waals surface area contributed by atoms with Gasteiger partial charge in [-0.05, 0) is 66.6 Å². The van der Waals surface area contributed by atoms with Gasteiger partial charge >= 0.3 is 0 Å². The highest BCUT2D eigenvalue weighted by Crippen LogP contribution is 2.29. The van der Waals surface area contributed by atoms with Crippen molar-refractivity contribution >= 4 is 31.6 Å². The number of sulfonamides is 1. The van der Waals surface area contributed by atoms with E-state index in [2.05, 4.69) is 15.9 Å². The Balaban J connectivity index is 2.09. The van der Waals surface area contributed by atoms with Gasteiger partial charge in [0.25, 0.3) is 10.0 Å². The fraction of sp³-hybridized carbons (Fsp3) is 0.143. The van der Waals surface area contributed by atoms with Gasteiger partial charge in [-0.3, -0.25) is 4.31 Å². The number of hydrogen-bond acceptors (Lipinski definition) is 3. The Labute approximate surface area is 172 Å². The van der Waals surface area contributed by atoms with Crippen molar-refractivity contribution in [1.29, 1.82) is 0 Å². The van der Waals surface area contributed by atoms with Crippen molar-refractivity contribution in [1.82, 2.24) is 0 Å². The average molecular weight is 464 g/mol. The Kier molecular flexibility index (Phi) is 6.05. The predicted octanol–water partition coefficient (Wildman–Crippen LogP) is 5.30. The molecule has 0 aromatic heterocycles. The van der Waals surface area contributed by atoms with Gasteiger partial charge in [-0.1, -0.05) is 34.1 Å². The van der Waals surface area contributed by atoms with Crippen LogP contribution in [-0.4, -0.2) is 15.5 Å². The topological polar surface area (TPSA) is 46.6 Å². The molecule has 146 valence electrons. The van der Waals surface area contributed by atoms with Crippen LogP contribution in [0.3, 0.4) is 0 Å². The molecule has 0 saturated carbocycles. The van der Waals surface area contributed by atoms with E-state index >= 15 is 0 Å². The Bertz CT molecular complexity index is 1090. The molecule has 4 nitrogen and oxygen atoms in total. The van der Waals surface area contributed by atoms with Crippen molar-refractivity contribution < 1.29 is 17.5 Å². The van der Waals surface area contributed by atoms with E-state index in [1.165, 1.54) is 16.4 Å². The monoisotopic (exact) mass is 463 g/mol. The molecule has 3 aromatic rings. The Morgan fingerprint density at radius 2 is 1.75 bits per heavy atom. The molecular formula is C21H19BrFNO3S. The molecule has 7 heteroatoms. The van der Waals surface area contributed by atoms with Gasteiger partial charge in [0.15, 0.2) is 0 Å². The standard InChI is InChI=1S/C21H19BrFNO3S/c1-15-6-11-20(13-21(15)23)28(25,26)24(18-9-7-17(22)8-10-18)14-16-4-3-5-19(12-16)27-2/h3-13H,14H2,1-2H3. The lowest BCUT2D eigenvalue weighted by molar-refractivity contribution is 0.414. The van der Waals surface area contributed by atoms with Gasteiger partial charge in [0, 0.05) is 4.47 Å². The van der Waals surface area contributed by atoms with Gasteiger partial charge < -0.3 is 4.74 Å². The number of anilines is 1. The van der Waals surface area contributed by atoms with Gasteiger partial charge in [0.05, 0.1) is 24.2 Å². The van der Waals surface area contributed by atoms with Crippen LogP contribution in [-0.2, 0) is 16.6 Å². The first-order valence-corrected chi connectivity index (χ1v) is 10.7. The maximum atomic E-state index is 14.0. The SMILES string of the molecule is COc1cccc(CN(c2ccc(Br)cc2)S(=O)(=O)c2ccc(C)c(F)c2)c1. The molecule has 0 spiro atoms. The molecule has 3 aromatic carbocycles. The summed E-state index contributed by atoms with van der Waals surface area (Å²) in [5.41, 5.74) is 1.62. The van der Waals surface area contributed by atoms with Crippen molar-refractivity contribution in [2.24, 2.45) is 0 Å². The number of rotatable bonds is 6. The second kappa shape index (κ2) is 8.32. The molecule has 0 aliphatic carbocycles. The molecule has 0 amide bonds. The van der Waals surface area contributed by atoms with E-state index in [1.807, 2.05) is 6.07 Å². The fourth-order valence-electron chi connectivity index (χ4n) is 2.72. The second-order valence-corrected chi connectivity index (χ2v) is 9.03. The molecule has 0 fully saturated rings. The Hall–Kier alpha value is -2.38. The summed E-state index contributed by atoms with van der Waals surface area (Å²) in [5.74, 6) is 0.0743. The number of nitrogens with zero attached hydrogens (tertiary/aromatic N) is 1. The second-order valence-electron chi connectivity index (χ2n) is 6.25. The molecule has 0 atom stereocenters. The van der Waals surface area contributed by atoms with Crippen LogP contribution < -0.4 is 9.04 Å². The fourth-order valence-corrected chi connectivity index (χ4v) is 4.45. The minimum absolute atomic E-state index is 0.0800. The first-order chi connectivity index (χ1) is 13.3. The van der Waals surface area contributed by atoms with Crippen LogP contribution in [0, 0.1) is 12.7 Å². The van der Waals surface area contributed by atoms with E-state index < -0.39 is 15.8 Å². The van der Waals surface area contributed by atoms with E-state index in [1.54, 1.807) is 56.5 Å². The zero-order valence-electron chi connectivity index (χ0n) is 15.4. The first-order valence-electron chi connectivity index (χ1n) is 8.48. The summed E-state index contributed by atoms with van der Waals surface area (Å²) in [6.45, 7) is 1.67. The minimum Gasteiger partial charge on any atom is -0.497 e. The highest BCUT2D eigenvalue weighted by atomic mass is 79.9. The Morgan fingerprint density at radius 3 is 2.39 bits per heavy atom. The van der Waals surface area contributed by atoms with Crippen molar-refractivity contribution in [3.8, 4) is 5.75 Å². The van der Waals surface area contributed by atoms with Crippen LogP contribution in [0.15, 0.2) is 76.1 Å². The van der Waals surface area contributed by atoms with E-state index in [0.29, 0.717) is 17.0 Å². The maximum absolute atomic E-state index is 14.0. The van der Waals surface area contributed by atoms with Gasteiger partial charge in [-0.15, -0.1) is 0 Å². The summed E-state index contributed by atoms with van der Waals surface area (Å²) >= 11 is 3.36. The maximum Gasteiger partial charge on any atom is 0.264 e. The smallest absolute Gasteiger partial charge is 0.264 e. The molecule has 0 bridgehead atoms. The van der Waals surface area contributed by atoms with Crippen LogP contribution in [0.4, 0.5) is 10.1 Å². The summed E-state index contributed by atoms with van der Waals surface area (Å²) in [6.07, 6.45) is 0. The third kappa shape index (κ3) is 4.36. The number of aryl methyl sites for hydroxylation is 1. The summed E-state index contributed by atoms with van der Waals surface area (Å²) < 4.78 is 48.1. The van der Waals surface area contributed by atoms with Crippen molar-refractivity contribution in [3.05, 3.63) is 88.1 Å². The largest absolute Gasteiger partial charge is 0.497 e. The van der Waals surface area contributed by atoms with E-state index in [-0.39, 0.29) is 11.4 Å². The molecule has 0 aliphatic rings. The van der Waals surface area contributed by atoms with Crippen LogP contribution >= 0.6 is 15.9 Å². The number of hydrogen-bond donors (Lipinski definition) is 0. The van der Waals surface area contributed by atoms with Crippen LogP contribution in [0.2, 0.25) is 0 Å². The van der Waals surface area contributed by atoms with Gasteiger partial charge in [0.1, 0.15) is 11.6 Å². The van der Waals surface area contributed by atoms with Crippen LogP contribution in [0.5, 0.6) is 5.75 Å². The quantitative estimate of drug-likeness (QED) is 0.498. The number of benzene rings is 3. The third-order valence-corrected chi connectivity index (χ3v) is 6.60. The normalized spacial score (nSPS) is 11.3. The van der Waals surface area contributed by atoms with Crippen molar-refractivity contribution in [3.63, 3.8) is 0 Å². The van der Waals surface area contributed by atoms with Gasteiger partial charge in [0.2, 0.25) is 0 Å². The molecule has 0 heterocycles. The molecule has 28 heavy (non-hydrogen) atoms. The van der Waals surface area contributed by atoms with Crippen molar-refractivity contribution in [2.75, 3.05) is 11.4 Å². The molecule has 0 saturated heterocycles. The van der Waals surface area contributed by atoms with E-state index in [9.17, 15) is 12.8 Å². The molecular weight excluding hydrogens is 445 g/mol. The summed E-state index contributed by atoms with van der Waals surface area (Å²) in [4.78, 5) is -0.0959. The molecule has 3 rings (SSSR count). The lowest BCUT2D eigenvalue weighted by atomic mass is 10.2. The Morgan fingerprint density at radius 1 is 1.04 bits per heavy atom. The zero-order valence-corrected chi connectivity index (χ0v) is 17.8. The lowest BCUT2D eigenvalue weighted by Crippen LogP contribution is -2.30. The highest BCUT2D eigenvalue weighted by Gasteiger charge is 2.26. The van der Waals surface area contributed by atoms with Gasteiger partial charge in [-0.25, -0.2) is 12.8 Å². The third-order valence-electron chi connectivity index (χ3n) is 4.31. The number of ether oxygens (including phenoxy) is 1. The highest BCUT2D eigenvalue weighted by molar-refractivity contribution is 9.10. The predicted molar refractivity (Wildman–Crippen MR) is 112 cm³/mol. The van der Waals surface area contributed by atoms with Crippen molar-refractivity contribution in [2.45, 2.75) is 18.4 Å². The molecule has 0 radical (unpaired) electrons. The molecule has 0 N–H and O–H groups in total. The molecule has 0 aliphatic heterocycles. The molecule has 0 unspecified atom stereocenters. The number of methoxy groups -OCH3 is 1. The summed E-state index contributed by atoms with van der Waals surface area (Å²) in [7, 11) is -2.43. The average Bonchev–Trinajstić information content (AvgIpc) is 2.69. The van der Waals surface area contributed by atoms with Crippen LogP contribution in [0.25, 0.3) is 0 Å². The zero-order chi connectivity index (χ0) is 20.3. The minimum atomic E-state index is -3.99. The number of halogens is 2.